The van der Waals surface area contributed by atoms with Crippen molar-refractivity contribution in [1.29, 1.82) is 0 Å². The van der Waals surface area contributed by atoms with Crippen LogP contribution in [0.2, 0.25) is 5.02 Å². The molecule has 0 saturated heterocycles. The van der Waals surface area contributed by atoms with Gasteiger partial charge in [0.15, 0.2) is 0 Å². The SMILES string of the molecule is COc1ccc2c(c1)CN(C)c1ccc(Cl)cc1CN2C. The average Bonchev–Trinajstić information content (AvgIpc) is 2.45. The Morgan fingerprint density at radius 2 is 1.48 bits per heavy atom. The maximum Gasteiger partial charge on any atom is 0.119 e. The van der Waals surface area contributed by atoms with Crippen molar-refractivity contribution in [2.24, 2.45) is 0 Å². The fourth-order valence-corrected chi connectivity index (χ4v) is 3.12. The van der Waals surface area contributed by atoms with Gasteiger partial charge in [0.2, 0.25) is 0 Å². The Labute approximate surface area is 130 Å². The Bertz CT molecular complexity index is 672. The van der Waals surface area contributed by atoms with Crippen LogP contribution in [-0.2, 0) is 13.1 Å². The molecule has 1 heterocycles. The summed E-state index contributed by atoms with van der Waals surface area (Å²) in [5, 5.41) is 0.783. The number of benzene rings is 2. The van der Waals surface area contributed by atoms with E-state index in [0.717, 1.165) is 23.9 Å². The van der Waals surface area contributed by atoms with Crippen LogP contribution in [0, 0.1) is 0 Å². The monoisotopic (exact) mass is 302 g/mol. The number of rotatable bonds is 1. The minimum absolute atomic E-state index is 0.783. The van der Waals surface area contributed by atoms with Gasteiger partial charge >= 0.3 is 0 Å². The molecule has 3 rings (SSSR count). The van der Waals surface area contributed by atoms with Crippen LogP contribution in [0.3, 0.4) is 0 Å². The summed E-state index contributed by atoms with van der Waals surface area (Å²) in [6.45, 7) is 1.67. The molecule has 0 amide bonds. The minimum Gasteiger partial charge on any atom is -0.497 e. The molecule has 21 heavy (non-hydrogen) atoms. The van der Waals surface area contributed by atoms with Crippen molar-refractivity contribution in [2.45, 2.75) is 13.1 Å². The Morgan fingerprint density at radius 3 is 2.10 bits per heavy atom. The zero-order valence-corrected chi connectivity index (χ0v) is 13.3. The Hall–Kier alpha value is -1.87. The van der Waals surface area contributed by atoms with Crippen molar-refractivity contribution in [2.75, 3.05) is 31.0 Å². The van der Waals surface area contributed by atoms with Crippen molar-refractivity contribution in [1.82, 2.24) is 0 Å². The minimum atomic E-state index is 0.783. The molecule has 0 aromatic heterocycles. The summed E-state index contributed by atoms with van der Waals surface area (Å²) >= 11 is 6.15. The van der Waals surface area contributed by atoms with Crippen LogP contribution in [0.1, 0.15) is 11.1 Å². The van der Waals surface area contributed by atoms with Crippen molar-refractivity contribution < 1.29 is 4.74 Å². The maximum atomic E-state index is 6.15. The second-order valence-electron chi connectivity index (χ2n) is 5.48. The first-order chi connectivity index (χ1) is 10.1. The average molecular weight is 303 g/mol. The highest BCUT2D eigenvalue weighted by molar-refractivity contribution is 6.30. The zero-order chi connectivity index (χ0) is 15.0. The number of hydrogen-bond donors (Lipinski definition) is 0. The van der Waals surface area contributed by atoms with Crippen molar-refractivity contribution in [3.63, 3.8) is 0 Å². The first-order valence-electron chi connectivity index (χ1n) is 6.96. The summed E-state index contributed by atoms with van der Waals surface area (Å²) < 4.78 is 5.35. The van der Waals surface area contributed by atoms with Gasteiger partial charge in [-0.15, -0.1) is 0 Å². The molecular weight excluding hydrogens is 284 g/mol. The lowest BCUT2D eigenvalue weighted by Gasteiger charge is -2.32. The van der Waals surface area contributed by atoms with E-state index in [1.54, 1.807) is 7.11 Å². The first kappa shape index (κ1) is 14.1. The molecule has 0 unspecified atom stereocenters. The molecule has 2 aromatic rings. The number of anilines is 2. The van der Waals surface area contributed by atoms with Gasteiger partial charge in [-0.05, 0) is 47.5 Å². The number of nitrogens with zero attached hydrogens (tertiary/aromatic N) is 2. The number of halogens is 1. The van der Waals surface area contributed by atoms with Gasteiger partial charge in [0.1, 0.15) is 5.75 Å². The molecule has 0 radical (unpaired) electrons. The van der Waals surface area contributed by atoms with E-state index in [0.29, 0.717) is 0 Å². The van der Waals surface area contributed by atoms with Crippen molar-refractivity contribution >= 4 is 23.0 Å². The van der Waals surface area contributed by atoms with Crippen molar-refractivity contribution in [3.8, 4) is 5.75 Å². The topological polar surface area (TPSA) is 15.7 Å². The van der Waals surface area contributed by atoms with Crippen LogP contribution in [0.15, 0.2) is 36.4 Å². The second-order valence-corrected chi connectivity index (χ2v) is 5.92. The fraction of sp³-hybridized carbons (Fsp3) is 0.294. The highest BCUT2D eigenvalue weighted by Crippen LogP contribution is 2.34. The summed E-state index contributed by atoms with van der Waals surface area (Å²) in [4.78, 5) is 4.52. The highest BCUT2D eigenvalue weighted by atomic mass is 35.5. The summed E-state index contributed by atoms with van der Waals surface area (Å²) in [5.74, 6) is 0.896. The van der Waals surface area contributed by atoms with Gasteiger partial charge in [0.05, 0.1) is 7.11 Å². The summed E-state index contributed by atoms with van der Waals surface area (Å²) in [5.41, 5.74) is 4.96. The third-order valence-electron chi connectivity index (χ3n) is 3.97. The molecule has 0 bridgehead atoms. The molecule has 110 valence electrons. The van der Waals surface area contributed by atoms with Gasteiger partial charge in [0, 0.05) is 43.6 Å². The van der Waals surface area contributed by atoms with Gasteiger partial charge in [0.25, 0.3) is 0 Å². The van der Waals surface area contributed by atoms with Crippen LogP contribution in [-0.4, -0.2) is 21.2 Å². The Kier molecular flexibility index (Phi) is 3.68. The molecule has 0 saturated carbocycles. The van der Waals surface area contributed by atoms with Gasteiger partial charge in [-0.3, -0.25) is 0 Å². The third kappa shape index (κ3) is 2.66. The lowest BCUT2D eigenvalue weighted by Crippen LogP contribution is -2.27. The van der Waals surface area contributed by atoms with E-state index in [2.05, 4.69) is 48.2 Å². The van der Waals surface area contributed by atoms with Gasteiger partial charge < -0.3 is 14.5 Å². The molecule has 1 aliphatic rings. The van der Waals surface area contributed by atoms with E-state index in [1.165, 1.54) is 22.5 Å². The van der Waals surface area contributed by atoms with Crippen LogP contribution in [0.4, 0.5) is 11.4 Å². The summed E-state index contributed by atoms with van der Waals surface area (Å²) in [7, 11) is 5.93. The molecule has 0 N–H and O–H groups in total. The molecule has 4 heteroatoms. The van der Waals surface area contributed by atoms with Crippen LogP contribution in [0.5, 0.6) is 5.75 Å². The van der Waals surface area contributed by atoms with Crippen LogP contribution < -0.4 is 14.5 Å². The molecule has 0 fully saturated rings. The third-order valence-corrected chi connectivity index (χ3v) is 4.20. The number of fused-ring (bicyclic) bond motifs is 2. The standard InChI is InChI=1S/C17H19ClN2O/c1-19-10-12-8-14(18)4-6-16(12)20(2)11-13-9-15(21-3)5-7-17(13)19/h4-9H,10-11H2,1-3H3. The van der Waals surface area contributed by atoms with E-state index >= 15 is 0 Å². The summed E-state index contributed by atoms with van der Waals surface area (Å²) in [6.07, 6.45) is 0. The molecule has 0 aliphatic carbocycles. The Balaban J connectivity index is 2.07. The van der Waals surface area contributed by atoms with E-state index in [1.807, 2.05) is 12.1 Å². The van der Waals surface area contributed by atoms with E-state index < -0.39 is 0 Å². The van der Waals surface area contributed by atoms with E-state index in [9.17, 15) is 0 Å². The number of ether oxygens (including phenoxy) is 1. The lowest BCUT2D eigenvalue weighted by atomic mass is 10.1. The molecule has 2 aromatic carbocycles. The largest absolute Gasteiger partial charge is 0.497 e. The van der Waals surface area contributed by atoms with E-state index in [-0.39, 0.29) is 0 Å². The van der Waals surface area contributed by atoms with Crippen LogP contribution >= 0.6 is 11.6 Å². The highest BCUT2D eigenvalue weighted by Gasteiger charge is 2.18. The lowest BCUT2D eigenvalue weighted by molar-refractivity contribution is 0.414. The normalized spacial score (nSPS) is 14.1. The van der Waals surface area contributed by atoms with E-state index in [4.69, 9.17) is 16.3 Å². The summed E-state index contributed by atoms with van der Waals surface area (Å²) in [6, 6.07) is 12.3. The first-order valence-corrected chi connectivity index (χ1v) is 7.34. The second kappa shape index (κ2) is 5.49. The smallest absolute Gasteiger partial charge is 0.119 e. The van der Waals surface area contributed by atoms with Crippen molar-refractivity contribution in [3.05, 3.63) is 52.5 Å². The molecule has 1 aliphatic heterocycles. The Morgan fingerprint density at radius 1 is 0.905 bits per heavy atom. The van der Waals surface area contributed by atoms with Gasteiger partial charge in [-0.25, -0.2) is 0 Å². The molecular formula is C17H19ClN2O. The van der Waals surface area contributed by atoms with Gasteiger partial charge in [-0.1, -0.05) is 11.6 Å². The van der Waals surface area contributed by atoms with Crippen LogP contribution in [0.25, 0.3) is 0 Å². The number of methoxy groups -OCH3 is 1. The predicted molar refractivity (Wildman–Crippen MR) is 88.7 cm³/mol. The zero-order valence-electron chi connectivity index (χ0n) is 12.6. The molecule has 0 atom stereocenters. The number of hydrogen-bond acceptors (Lipinski definition) is 3. The quantitative estimate of drug-likeness (QED) is 0.793. The predicted octanol–water partition coefficient (Wildman–Crippen LogP) is 3.93. The maximum absolute atomic E-state index is 6.15. The fourth-order valence-electron chi connectivity index (χ4n) is 2.92. The molecule has 0 spiro atoms. The molecule has 3 nitrogen and oxygen atoms in total. The van der Waals surface area contributed by atoms with Gasteiger partial charge in [-0.2, -0.15) is 0 Å².